The van der Waals surface area contributed by atoms with E-state index in [1.54, 1.807) is 12.1 Å². The molecule has 0 radical (unpaired) electrons. The fourth-order valence-corrected chi connectivity index (χ4v) is 7.55. The first-order valence-corrected chi connectivity index (χ1v) is 16.3. The van der Waals surface area contributed by atoms with Crippen LogP contribution in [-0.2, 0) is 0 Å². The molecule has 0 amide bonds. The van der Waals surface area contributed by atoms with Crippen molar-refractivity contribution in [1.29, 1.82) is 15.8 Å². The van der Waals surface area contributed by atoms with E-state index in [0.717, 1.165) is 55.3 Å². The van der Waals surface area contributed by atoms with Crippen LogP contribution in [0.15, 0.2) is 152 Å². The van der Waals surface area contributed by atoms with Crippen molar-refractivity contribution < 1.29 is 0 Å². The van der Waals surface area contributed by atoms with Crippen LogP contribution in [0, 0.1) is 34.0 Å². The van der Waals surface area contributed by atoms with Crippen molar-refractivity contribution >= 4 is 43.6 Å². The van der Waals surface area contributed by atoms with Gasteiger partial charge < -0.3 is 9.13 Å². The van der Waals surface area contributed by atoms with Crippen LogP contribution in [0.25, 0.3) is 77.2 Å². The second kappa shape index (κ2) is 11.4. The fourth-order valence-electron chi connectivity index (χ4n) is 7.55. The largest absolute Gasteiger partial charge is 0.309 e. The zero-order valence-corrected chi connectivity index (χ0v) is 26.7. The molecule has 0 aliphatic carbocycles. The van der Waals surface area contributed by atoms with Gasteiger partial charge in [0.05, 0.1) is 62.7 Å². The standard InChI is InChI=1S/C45H25N5/c46-26-29-20-23-43-38(24-29)36-14-3-7-18-41(36)50(43)42-19-8-4-15-37(42)45-32(28-48)22-21-31(27-47)44(45)30-10-9-11-33(25-30)49-39-16-5-1-12-34(39)35-13-2-6-17-40(35)49/h1-25H. The summed E-state index contributed by atoms with van der Waals surface area (Å²) in [6, 6.07) is 57.6. The van der Waals surface area contributed by atoms with Gasteiger partial charge in [-0.2, -0.15) is 15.8 Å². The molecule has 0 fully saturated rings. The first-order valence-electron chi connectivity index (χ1n) is 16.3. The third kappa shape index (κ3) is 4.24. The summed E-state index contributed by atoms with van der Waals surface area (Å²) < 4.78 is 4.45. The van der Waals surface area contributed by atoms with E-state index in [0.29, 0.717) is 27.8 Å². The summed E-state index contributed by atoms with van der Waals surface area (Å²) in [6.07, 6.45) is 0. The molecule has 2 aromatic heterocycles. The monoisotopic (exact) mass is 635 g/mol. The summed E-state index contributed by atoms with van der Waals surface area (Å²) in [5.41, 5.74) is 10.5. The van der Waals surface area contributed by atoms with E-state index in [4.69, 9.17) is 0 Å². The van der Waals surface area contributed by atoms with Gasteiger partial charge in [0.25, 0.3) is 0 Å². The average Bonchev–Trinajstić information content (AvgIpc) is 3.70. The van der Waals surface area contributed by atoms with E-state index in [2.05, 4.69) is 106 Å². The van der Waals surface area contributed by atoms with E-state index >= 15 is 0 Å². The summed E-state index contributed by atoms with van der Waals surface area (Å²) in [7, 11) is 0. The lowest BCUT2D eigenvalue weighted by Gasteiger charge is -2.19. The normalized spacial score (nSPS) is 11.1. The Morgan fingerprint density at radius 3 is 1.62 bits per heavy atom. The molecule has 0 saturated heterocycles. The van der Waals surface area contributed by atoms with Crippen LogP contribution in [-0.4, -0.2) is 9.13 Å². The molecule has 2 heterocycles. The van der Waals surface area contributed by atoms with Crippen molar-refractivity contribution in [3.63, 3.8) is 0 Å². The lowest BCUT2D eigenvalue weighted by Crippen LogP contribution is -2.01. The Balaban J connectivity index is 1.34. The van der Waals surface area contributed by atoms with Gasteiger partial charge >= 0.3 is 0 Å². The van der Waals surface area contributed by atoms with Gasteiger partial charge in [0.1, 0.15) is 0 Å². The second-order valence-corrected chi connectivity index (χ2v) is 12.3. The van der Waals surface area contributed by atoms with Crippen molar-refractivity contribution in [2.75, 3.05) is 0 Å². The molecule has 230 valence electrons. The number of fused-ring (bicyclic) bond motifs is 6. The Kier molecular flexibility index (Phi) is 6.56. The lowest BCUT2D eigenvalue weighted by molar-refractivity contribution is 1.18. The highest BCUT2D eigenvalue weighted by molar-refractivity contribution is 6.11. The quantitative estimate of drug-likeness (QED) is 0.193. The van der Waals surface area contributed by atoms with E-state index in [-0.39, 0.29) is 0 Å². The van der Waals surface area contributed by atoms with Gasteiger partial charge in [-0.05, 0) is 72.3 Å². The second-order valence-electron chi connectivity index (χ2n) is 12.3. The SMILES string of the molecule is N#Cc1ccc2c(c1)c1ccccc1n2-c1ccccc1-c1c(C#N)ccc(C#N)c1-c1cccc(-n2c3ccccc3c3ccccc32)c1. The van der Waals surface area contributed by atoms with Gasteiger partial charge in [-0.15, -0.1) is 0 Å². The van der Waals surface area contributed by atoms with Crippen LogP contribution in [0.5, 0.6) is 0 Å². The predicted molar refractivity (Wildman–Crippen MR) is 200 cm³/mol. The van der Waals surface area contributed by atoms with Crippen molar-refractivity contribution in [1.82, 2.24) is 9.13 Å². The lowest BCUT2D eigenvalue weighted by atomic mass is 9.86. The number of benzene rings is 7. The molecule has 0 unspecified atom stereocenters. The molecule has 0 bridgehead atoms. The molecule has 0 saturated carbocycles. The Bertz CT molecular complexity index is 2920. The number of nitriles is 3. The summed E-state index contributed by atoms with van der Waals surface area (Å²) in [5, 5.41) is 35.2. The van der Waals surface area contributed by atoms with Gasteiger partial charge in [0, 0.05) is 43.9 Å². The maximum absolute atomic E-state index is 10.6. The Morgan fingerprint density at radius 1 is 0.400 bits per heavy atom. The number of aromatic nitrogens is 2. The van der Waals surface area contributed by atoms with Crippen molar-refractivity contribution in [2.24, 2.45) is 0 Å². The number of hydrogen-bond donors (Lipinski definition) is 0. The van der Waals surface area contributed by atoms with Crippen molar-refractivity contribution in [2.45, 2.75) is 0 Å². The maximum atomic E-state index is 10.6. The van der Waals surface area contributed by atoms with Crippen LogP contribution in [0.4, 0.5) is 0 Å². The van der Waals surface area contributed by atoms with E-state index in [1.807, 2.05) is 60.7 Å². The highest BCUT2D eigenvalue weighted by Gasteiger charge is 2.23. The molecule has 5 nitrogen and oxygen atoms in total. The minimum Gasteiger partial charge on any atom is -0.309 e. The van der Waals surface area contributed by atoms with Crippen LogP contribution in [0.1, 0.15) is 16.7 Å². The van der Waals surface area contributed by atoms with Gasteiger partial charge in [0.2, 0.25) is 0 Å². The summed E-state index contributed by atoms with van der Waals surface area (Å²) in [4.78, 5) is 0. The van der Waals surface area contributed by atoms with E-state index < -0.39 is 0 Å². The third-order valence-electron chi connectivity index (χ3n) is 9.64. The first kappa shape index (κ1) is 28.8. The minimum atomic E-state index is 0.473. The zero-order valence-electron chi connectivity index (χ0n) is 26.7. The van der Waals surface area contributed by atoms with Crippen LogP contribution in [0.2, 0.25) is 0 Å². The molecular weight excluding hydrogens is 611 g/mol. The fraction of sp³-hybridized carbons (Fsp3) is 0. The average molecular weight is 636 g/mol. The van der Waals surface area contributed by atoms with Crippen LogP contribution < -0.4 is 0 Å². The van der Waals surface area contributed by atoms with Gasteiger partial charge in [-0.1, -0.05) is 84.9 Å². The first-order chi connectivity index (χ1) is 24.7. The molecule has 50 heavy (non-hydrogen) atoms. The molecule has 9 rings (SSSR count). The highest BCUT2D eigenvalue weighted by atomic mass is 15.0. The Labute approximate surface area is 287 Å². The third-order valence-corrected chi connectivity index (χ3v) is 9.64. The smallest absolute Gasteiger partial charge is 0.0998 e. The zero-order chi connectivity index (χ0) is 33.8. The number of rotatable bonds is 4. The molecule has 5 heteroatoms. The summed E-state index contributed by atoms with van der Waals surface area (Å²) in [5.74, 6) is 0. The van der Waals surface area contributed by atoms with Crippen LogP contribution >= 0.6 is 0 Å². The molecule has 0 aliphatic rings. The number of hydrogen-bond acceptors (Lipinski definition) is 3. The van der Waals surface area contributed by atoms with Crippen LogP contribution in [0.3, 0.4) is 0 Å². The van der Waals surface area contributed by atoms with Gasteiger partial charge in [-0.25, -0.2) is 0 Å². The highest BCUT2D eigenvalue weighted by Crippen LogP contribution is 2.43. The topological polar surface area (TPSA) is 81.2 Å². The molecule has 0 spiro atoms. The summed E-state index contributed by atoms with van der Waals surface area (Å²) in [6.45, 7) is 0. The van der Waals surface area contributed by atoms with E-state index in [1.165, 1.54) is 10.8 Å². The predicted octanol–water partition coefficient (Wildman–Crippen LogP) is 10.8. The molecular formula is C45H25N5. The summed E-state index contributed by atoms with van der Waals surface area (Å²) >= 11 is 0. The molecule has 0 aliphatic heterocycles. The maximum Gasteiger partial charge on any atom is 0.0998 e. The Hall–Kier alpha value is -7.39. The molecule has 9 aromatic rings. The van der Waals surface area contributed by atoms with Crippen molar-refractivity contribution in [3.8, 4) is 51.8 Å². The van der Waals surface area contributed by atoms with Crippen molar-refractivity contribution in [3.05, 3.63) is 168 Å². The molecule has 0 N–H and O–H groups in total. The number of para-hydroxylation sites is 4. The van der Waals surface area contributed by atoms with E-state index in [9.17, 15) is 15.8 Å². The minimum absolute atomic E-state index is 0.473. The molecule has 0 atom stereocenters. The van der Waals surface area contributed by atoms with Gasteiger partial charge in [-0.3, -0.25) is 0 Å². The van der Waals surface area contributed by atoms with Gasteiger partial charge in [0.15, 0.2) is 0 Å². The number of nitrogens with zero attached hydrogens (tertiary/aromatic N) is 5. The Morgan fingerprint density at radius 2 is 0.960 bits per heavy atom. The molecule has 7 aromatic carbocycles.